The van der Waals surface area contributed by atoms with Crippen LogP contribution in [-0.4, -0.2) is 350 Å². The molecule has 1 heterocycles. The molecule has 3 amide bonds. The molecular weight excluding hydrogens is 1240 g/mol. The van der Waals surface area contributed by atoms with E-state index in [2.05, 4.69) is 16.0 Å². The van der Waals surface area contributed by atoms with Crippen LogP contribution in [0.2, 0.25) is 0 Å². The zero-order valence-electron chi connectivity index (χ0n) is 49.3. The summed E-state index contributed by atoms with van der Waals surface area (Å²) in [6.07, 6.45) is 1.44. The molecule has 13 N–H and O–H groups in total. The molecule has 2 radical (unpaired) electrons. The van der Waals surface area contributed by atoms with Crippen molar-refractivity contribution in [1.82, 2.24) is 45.3 Å². The smallest absolute Gasteiger partial charge is 0.480 e. The summed E-state index contributed by atoms with van der Waals surface area (Å²) in [4.78, 5) is 138. The summed E-state index contributed by atoms with van der Waals surface area (Å²) in [5, 5.41) is 103. The van der Waals surface area contributed by atoms with E-state index in [1.807, 2.05) is 13.8 Å². The molecule has 0 spiro atoms. The van der Waals surface area contributed by atoms with Gasteiger partial charge in [0.15, 0.2) is 19.6 Å². The molecule has 0 aromatic heterocycles. The summed E-state index contributed by atoms with van der Waals surface area (Å²) in [7, 11) is 0. The van der Waals surface area contributed by atoms with Gasteiger partial charge < -0.3 is 76.0 Å². The van der Waals surface area contributed by atoms with Gasteiger partial charge in [0.1, 0.15) is 6.54 Å². The maximum Gasteiger partial charge on any atom is 2.00 e. The predicted molar refractivity (Wildman–Crippen MR) is 302 cm³/mol. The van der Waals surface area contributed by atoms with E-state index in [1.54, 1.807) is 31.4 Å². The average molecular weight is 1340 g/mol. The summed E-state index contributed by atoms with van der Waals surface area (Å²) >= 11 is 0. The van der Waals surface area contributed by atoms with Gasteiger partial charge in [-0.05, 0) is 52.6 Å². The van der Waals surface area contributed by atoms with E-state index in [0.717, 1.165) is 12.8 Å². The van der Waals surface area contributed by atoms with Gasteiger partial charge in [0.2, 0.25) is 24.0 Å². The Hall–Kier alpha value is -5.19. The van der Waals surface area contributed by atoms with Crippen molar-refractivity contribution < 1.29 is 147 Å². The van der Waals surface area contributed by atoms with E-state index in [-0.39, 0.29) is 185 Å². The normalized spacial score (nSPS) is 16.2. The molecule has 1 aliphatic rings. The Bertz CT molecular complexity index is 2020. The van der Waals surface area contributed by atoms with E-state index in [4.69, 9.17) is 15.3 Å². The van der Waals surface area contributed by atoms with Crippen molar-refractivity contribution in [2.24, 2.45) is 0 Å². The quantitative estimate of drug-likeness (QED) is 0.0121. The Morgan fingerprint density at radius 1 is 0.500 bits per heavy atom. The molecule has 32 nitrogen and oxygen atoms in total. The molecule has 1 rings (SSSR count). The predicted octanol–water partition coefficient (Wildman–Crippen LogP) is -3.81. The summed E-state index contributed by atoms with van der Waals surface area (Å²) in [6, 6.07) is 0.0350. The molecule has 1 saturated heterocycles. The number of nitrogens with one attached hydrogen (secondary N) is 3. The van der Waals surface area contributed by atoms with Gasteiger partial charge in [0.05, 0.1) is 72.0 Å². The van der Waals surface area contributed by atoms with Crippen LogP contribution in [0.5, 0.6) is 0 Å². The topological polar surface area (TPSA) is 446 Å². The molecule has 1 aliphatic heterocycles. The van der Waals surface area contributed by atoms with Crippen molar-refractivity contribution in [2.75, 3.05) is 183 Å². The second-order valence-corrected chi connectivity index (χ2v) is 21.0. The van der Waals surface area contributed by atoms with Crippen LogP contribution in [0.4, 0.5) is 0 Å². The number of aliphatic carboxylic acids is 8. The summed E-state index contributed by atoms with van der Waals surface area (Å²) in [5.41, 5.74) is 0. The molecule has 0 saturated carbocycles. The summed E-state index contributed by atoms with van der Waals surface area (Å²) < 4.78 is -0.524. The minimum atomic E-state index is -1.80. The molecular formula is C52H99Cu2N11O21+4. The van der Waals surface area contributed by atoms with Gasteiger partial charge in [0.25, 0.3) is 0 Å². The van der Waals surface area contributed by atoms with E-state index < -0.39 is 86.8 Å². The second kappa shape index (κ2) is 48.8. The number of carboxylic acids is 8. The number of carboxylic acid groups (broad SMARTS) is 8. The number of carbonyl (C=O) groups is 11. The SMILES string of the molecule is C.CCN(CCN(CCN(CCCN(CC(=O)O)CC(=O)O)CC(=O)NCCCC[C@@H](C)NC(C)=O)CC(=O)O)CC(=O)O.CCNC(=O)CN1CCC[N+](CC(=O)O)(CC(=O)O)CCN(CC(=O)O)CCC[N+](CC(=O)O)(CC(O)O)CC1.[64Cu+2].[64Cu]. The Balaban J connectivity index is -0.000000757. The van der Waals surface area contributed by atoms with E-state index >= 15 is 0 Å². The van der Waals surface area contributed by atoms with Gasteiger partial charge in [-0.15, -0.1) is 0 Å². The molecule has 86 heavy (non-hydrogen) atoms. The van der Waals surface area contributed by atoms with Crippen molar-refractivity contribution in [3.8, 4) is 0 Å². The minimum absolute atomic E-state index is 0. The fourth-order valence-corrected chi connectivity index (χ4v) is 9.80. The number of aliphatic hydroxyl groups excluding tert-OH is 1. The van der Waals surface area contributed by atoms with Gasteiger partial charge in [-0.25, -0.2) is 14.4 Å². The van der Waals surface area contributed by atoms with E-state index in [0.29, 0.717) is 65.1 Å². The molecule has 0 aromatic carbocycles. The van der Waals surface area contributed by atoms with Crippen LogP contribution < -0.4 is 16.0 Å². The monoisotopic (exact) mass is 1340 g/mol. The number of aliphatic hydroxyl groups is 2. The van der Waals surface area contributed by atoms with Crippen molar-refractivity contribution in [3.63, 3.8) is 0 Å². The van der Waals surface area contributed by atoms with Crippen LogP contribution in [-0.2, 0) is 86.9 Å². The summed E-state index contributed by atoms with van der Waals surface area (Å²) in [5.74, 6) is -9.61. The average Bonchev–Trinajstić information content (AvgIpc) is 3.36. The van der Waals surface area contributed by atoms with E-state index in [9.17, 15) is 88.5 Å². The van der Waals surface area contributed by atoms with Crippen LogP contribution in [0, 0.1) is 0 Å². The van der Waals surface area contributed by atoms with Gasteiger partial charge in [-0.1, -0.05) is 14.4 Å². The first-order valence-corrected chi connectivity index (χ1v) is 27.9. The number of rotatable bonds is 40. The van der Waals surface area contributed by atoms with Crippen molar-refractivity contribution in [1.29, 1.82) is 0 Å². The second-order valence-electron chi connectivity index (χ2n) is 21.0. The van der Waals surface area contributed by atoms with Crippen molar-refractivity contribution in [2.45, 2.75) is 86.0 Å². The van der Waals surface area contributed by atoms with E-state index in [1.165, 1.54) is 11.8 Å². The number of likely N-dealkylation sites (N-methyl/N-ethyl adjacent to an activating group) is 2. The number of unbranched alkanes of at least 4 members (excludes halogenated alkanes) is 1. The molecule has 0 aromatic rings. The van der Waals surface area contributed by atoms with Crippen LogP contribution in [0.1, 0.15) is 73.6 Å². The van der Waals surface area contributed by atoms with Crippen molar-refractivity contribution in [3.05, 3.63) is 0 Å². The number of hydrogen-bond acceptors (Lipinski definition) is 19. The fraction of sp³-hybridized carbons (Fsp3) is 0.788. The minimum Gasteiger partial charge on any atom is -0.480 e. The number of quaternary nitrogens is 2. The molecule has 0 bridgehead atoms. The van der Waals surface area contributed by atoms with Crippen LogP contribution in [0.3, 0.4) is 0 Å². The third-order valence-corrected chi connectivity index (χ3v) is 13.6. The zero-order valence-corrected chi connectivity index (χ0v) is 51.2. The molecule has 0 aliphatic carbocycles. The van der Waals surface area contributed by atoms with Gasteiger partial charge in [-0.2, -0.15) is 0 Å². The first-order chi connectivity index (χ1) is 38.9. The first kappa shape index (κ1) is 87.2. The Kier molecular flexibility index (Phi) is 49.5. The zero-order chi connectivity index (χ0) is 63.1. The number of carbonyl (C=O) groups excluding carboxylic acids is 3. The number of hydrogen-bond donors (Lipinski definition) is 13. The van der Waals surface area contributed by atoms with Crippen LogP contribution in [0.15, 0.2) is 0 Å². The third-order valence-electron chi connectivity index (χ3n) is 13.6. The van der Waals surface area contributed by atoms with Crippen LogP contribution >= 0.6 is 0 Å². The third kappa shape index (κ3) is 46.0. The Morgan fingerprint density at radius 2 is 0.930 bits per heavy atom. The fourth-order valence-electron chi connectivity index (χ4n) is 9.80. The van der Waals surface area contributed by atoms with Crippen LogP contribution in [0.25, 0.3) is 0 Å². The van der Waals surface area contributed by atoms with Gasteiger partial charge >= 0.3 is 64.8 Å². The Labute approximate surface area is 524 Å². The number of amides is 3. The standard InChI is InChI=1S/C27H50N6O10.C24H43N5O11.CH4.2Cu/c1-4-30(17-24(36)37)12-13-32(18-25(38)39)15-14-31(10-7-11-33(19-26(40)41)20-27(42)43)16-23(35)28-9-6-5-8-21(2)29-22(3)34;1-2-25-19(30)13-26-5-3-9-29(17-23(37)38,18-24(39)40)12-8-27(14-20(31)32)6-4-10-28(11-7-26,15-21(33)34)16-22(35)36;;;/h21H,4-20H2,1-3H3,(H,28,35)(H,29,34)(H,36,37)(H,38,39)(H,40,41)(H,42,43);21,33-34H,2-18H2,1H3,(H3-2,25,30,31,32,35,36,37,38,39,40);1H4;;/q;;;;+2/p+2/t21-;;;;/m1..../s1/i;;;2*1+0. The van der Waals surface area contributed by atoms with Gasteiger partial charge in [-0.3, -0.25) is 67.8 Å². The molecule has 506 valence electrons. The van der Waals surface area contributed by atoms with Crippen molar-refractivity contribution >= 4 is 65.5 Å². The maximum atomic E-state index is 12.7. The molecule has 1 unspecified atom stereocenters. The van der Waals surface area contributed by atoms with Gasteiger partial charge in [0, 0.05) is 115 Å². The number of nitrogens with zero attached hydrogens (tertiary/aromatic N) is 8. The maximum absolute atomic E-state index is 12.7. The largest absolute Gasteiger partial charge is 2.00 e. The first-order valence-electron chi connectivity index (χ1n) is 27.9. The Morgan fingerprint density at radius 3 is 1.38 bits per heavy atom. The molecule has 2 atom stereocenters. The molecule has 1 fully saturated rings. The summed E-state index contributed by atoms with van der Waals surface area (Å²) in [6.45, 7) is 7.81. The molecule has 34 heteroatoms.